The highest BCUT2D eigenvalue weighted by Gasteiger charge is 2.34. The predicted molar refractivity (Wildman–Crippen MR) is 106 cm³/mol. The van der Waals surface area contributed by atoms with Crippen LogP contribution in [-0.2, 0) is 20.9 Å². The summed E-state index contributed by atoms with van der Waals surface area (Å²) in [5.74, 6) is -1.34. The van der Waals surface area contributed by atoms with Crippen LogP contribution in [0.5, 0.6) is 0 Å². The summed E-state index contributed by atoms with van der Waals surface area (Å²) < 4.78 is 70.3. The molecule has 31 heavy (non-hydrogen) atoms. The number of aromatic nitrogens is 1. The monoisotopic (exact) mass is 458 g/mol. The molecule has 2 aromatic rings. The van der Waals surface area contributed by atoms with E-state index in [4.69, 9.17) is 0 Å². The fourth-order valence-electron chi connectivity index (χ4n) is 3.05. The number of aryl methyl sites for hydroxylation is 1. The third-order valence-electron chi connectivity index (χ3n) is 4.56. The summed E-state index contributed by atoms with van der Waals surface area (Å²) in [4.78, 5) is 26.9. The molecule has 7 nitrogen and oxygen atoms in total. The molecule has 0 radical (unpaired) electrons. The Balaban J connectivity index is 2.42. The van der Waals surface area contributed by atoms with Gasteiger partial charge < -0.3 is 9.72 Å². The van der Waals surface area contributed by atoms with Crippen LogP contribution in [-0.4, -0.2) is 49.7 Å². The second-order valence-electron chi connectivity index (χ2n) is 6.65. The van der Waals surface area contributed by atoms with Crippen molar-refractivity contribution in [3.05, 3.63) is 65.0 Å². The lowest BCUT2D eigenvalue weighted by Gasteiger charge is -2.20. The van der Waals surface area contributed by atoms with Crippen LogP contribution in [0.1, 0.15) is 37.7 Å². The van der Waals surface area contributed by atoms with Gasteiger partial charge in [0, 0.05) is 12.2 Å². The van der Waals surface area contributed by atoms with Gasteiger partial charge in [-0.1, -0.05) is 12.1 Å². The number of aromatic amines is 1. The van der Waals surface area contributed by atoms with Crippen LogP contribution < -0.4 is 0 Å². The van der Waals surface area contributed by atoms with Crippen molar-refractivity contribution in [2.45, 2.75) is 24.9 Å². The first-order valence-corrected chi connectivity index (χ1v) is 10.4. The highest BCUT2D eigenvalue weighted by Crippen LogP contribution is 2.31. The molecular weight excluding hydrogens is 437 g/mol. The number of halogens is 3. The van der Waals surface area contributed by atoms with Crippen molar-refractivity contribution in [3.8, 4) is 0 Å². The fourth-order valence-corrected chi connectivity index (χ4v) is 4.46. The summed E-state index contributed by atoms with van der Waals surface area (Å²) >= 11 is 0. The van der Waals surface area contributed by atoms with Crippen molar-refractivity contribution in [2.24, 2.45) is 0 Å². The molecule has 0 atom stereocenters. The number of carbonyl (C=O) groups excluding carboxylic acids is 2. The lowest BCUT2D eigenvalue weighted by Crippen LogP contribution is -2.36. The lowest BCUT2D eigenvalue weighted by atomic mass is 10.1. The van der Waals surface area contributed by atoms with E-state index in [2.05, 4.69) is 16.3 Å². The average molecular weight is 458 g/mol. The van der Waals surface area contributed by atoms with Crippen LogP contribution >= 0.6 is 0 Å². The Morgan fingerprint density at radius 1 is 1.26 bits per heavy atom. The van der Waals surface area contributed by atoms with E-state index < -0.39 is 45.0 Å². The first-order chi connectivity index (χ1) is 14.3. The number of alkyl halides is 3. The summed E-state index contributed by atoms with van der Waals surface area (Å²) in [6.07, 6.45) is -3.51. The highest BCUT2D eigenvalue weighted by molar-refractivity contribution is 7.89. The van der Waals surface area contributed by atoms with E-state index in [1.54, 1.807) is 6.92 Å². The van der Waals surface area contributed by atoms with Crippen LogP contribution in [0.4, 0.5) is 13.2 Å². The minimum atomic E-state index is -4.73. The van der Waals surface area contributed by atoms with E-state index in [1.165, 1.54) is 20.1 Å². The van der Waals surface area contributed by atoms with Gasteiger partial charge in [0.05, 0.1) is 35.4 Å². The van der Waals surface area contributed by atoms with Crippen molar-refractivity contribution < 1.29 is 35.9 Å². The Morgan fingerprint density at radius 2 is 1.90 bits per heavy atom. The smallest absolute Gasteiger partial charge is 0.416 e. The molecule has 0 aliphatic heterocycles. The molecule has 0 amide bonds. The van der Waals surface area contributed by atoms with E-state index >= 15 is 0 Å². The minimum absolute atomic E-state index is 0.00574. The SMILES string of the molecule is C=CCN(CC(=O)c1[nH]c(C)c(C(=O)OC)c1C)S(=O)(=O)c1cccc(C(F)(F)F)c1. The van der Waals surface area contributed by atoms with Gasteiger partial charge in [-0.2, -0.15) is 17.5 Å². The van der Waals surface area contributed by atoms with Crippen molar-refractivity contribution in [1.29, 1.82) is 0 Å². The number of H-pyrrole nitrogens is 1. The van der Waals surface area contributed by atoms with Gasteiger partial charge in [0.15, 0.2) is 5.78 Å². The molecule has 0 unspecified atom stereocenters. The van der Waals surface area contributed by atoms with E-state index in [9.17, 15) is 31.2 Å². The first-order valence-electron chi connectivity index (χ1n) is 8.93. The van der Waals surface area contributed by atoms with Gasteiger partial charge in [0.25, 0.3) is 0 Å². The second kappa shape index (κ2) is 9.06. The van der Waals surface area contributed by atoms with Crippen LogP contribution in [0.3, 0.4) is 0 Å². The van der Waals surface area contributed by atoms with Crippen LogP contribution in [0, 0.1) is 13.8 Å². The molecule has 0 saturated heterocycles. The zero-order chi connectivity index (χ0) is 23.6. The third kappa shape index (κ3) is 5.05. The van der Waals surface area contributed by atoms with Gasteiger partial charge in [-0.25, -0.2) is 13.2 Å². The Kier molecular flexibility index (Phi) is 7.12. The quantitative estimate of drug-likeness (QED) is 0.371. The molecule has 11 heteroatoms. The minimum Gasteiger partial charge on any atom is -0.465 e. The molecule has 0 spiro atoms. The molecule has 0 saturated carbocycles. The lowest BCUT2D eigenvalue weighted by molar-refractivity contribution is -0.137. The molecule has 0 aliphatic carbocycles. The number of ether oxygens (including phenoxy) is 1. The molecule has 0 aliphatic rings. The predicted octanol–water partition coefficient (Wildman–Crippen LogP) is 3.50. The maximum atomic E-state index is 13.0. The van der Waals surface area contributed by atoms with Gasteiger partial charge >= 0.3 is 12.1 Å². The standard InChI is InChI=1S/C20H21F3N2O5S/c1-5-9-25(31(28,29)15-8-6-7-14(10-15)20(21,22)23)11-16(26)18-12(2)17(13(3)24-18)19(27)30-4/h5-8,10,24H,1,9,11H2,2-4H3. The van der Waals surface area contributed by atoms with Gasteiger partial charge in [-0.3, -0.25) is 4.79 Å². The van der Waals surface area contributed by atoms with Crippen LogP contribution in [0.15, 0.2) is 41.8 Å². The summed E-state index contributed by atoms with van der Waals surface area (Å²) in [6.45, 7) is 5.52. The number of hydrogen-bond acceptors (Lipinski definition) is 5. The van der Waals surface area contributed by atoms with Crippen molar-refractivity contribution >= 4 is 21.8 Å². The van der Waals surface area contributed by atoms with Crippen molar-refractivity contribution in [2.75, 3.05) is 20.2 Å². The zero-order valence-corrected chi connectivity index (χ0v) is 17.9. The summed E-state index contributed by atoms with van der Waals surface area (Å²) in [5, 5.41) is 0. The number of sulfonamides is 1. The highest BCUT2D eigenvalue weighted by atomic mass is 32.2. The van der Waals surface area contributed by atoms with Crippen LogP contribution in [0.2, 0.25) is 0 Å². The summed E-state index contributed by atoms with van der Waals surface area (Å²) in [7, 11) is -3.27. The Hall–Kier alpha value is -2.92. The van der Waals surface area contributed by atoms with Crippen molar-refractivity contribution in [1.82, 2.24) is 9.29 Å². The number of Topliss-reactive ketones (excluding diaryl/α,β-unsaturated/α-hetero) is 1. The van der Waals surface area contributed by atoms with Crippen LogP contribution in [0.25, 0.3) is 0 Å². The Labute approximate surface area is 177 Å². The Morgan fingerprint density at radius 3 is 2.45 bits per heavy atom. The first kappa shape index (κ1) is 24.4. The molecule has 1 heterocycles. The van der Waals surface area contributed by atoms with E-state index in [0.717, 1.165) is 18.2 Å². The van der Waals surface area contributed by atoms with E-state index in [-0.39, 0.29) is 23.4 Å². The number of rotatable bonds is 8. The van der Waals surface area contributed by atoms with Gasteiger partial charge in [-0.15, -0.1) is 6.58 Å². The maximum Gasteiger partial charge on any atom is 0.416 e. The molecule has 0 bridgehead atoms. The Bertz CT molecular complexity index is 1120. The number of ketones is 1. The maximum absolute atomic E-state index is 13.0. The summed E-state index contributed by atoms with van der Waals surface area (Å²) in [6, 6.07) is 3.26. The number of benzene rings is 1. The largest absolute Gasteiger partial charge is 0.465 e. The number of hydrogen-bond donors (Lipinski definition) is 1. The van der Waals surface area contributed by atoms with E-state index in [1.807, 2.05) is 0 Å². The fraction of sp³-hybridized carbons (Fsp3) is 0.300. The molecule has 0 fully saturated rings. The number of nitrogens with zero attached hydrogens (tertiary/aromatic N) is 1. The number of esters is 1. The topological polar surface area (TPSA) is 96.5 Å². The molecule has 1 aromatic carbocycles. The molecule has 1 N–H and O–H groups in total. The molecular formula is C20H21F3N2O5S. The third-order valence-corrected chi connectivity index (χ3v) is 6.37. The normalized spacial score (nSPS) is 12.1. The molecule has 168 valence electrons. The van der Waals surface area contributed by atoms with Gasteiger partial charge in [0.1, 0.15) is 0 Å². The van der Waals surface area contributed by atoms with Crippen molar-refractivity contribution in [3.63, 3.8) is 0 Å². The van der Waals surface area contributed by atoms with Gasteiger partial charge in [0.2, 0.25) is 10.0 Å². The van der Waals surface area contributed by atoms with Gasteiger partial charge in [-0.05, 0) is 37.6 Å². The van der Waals surface area contributed by atoms with E-state index in [0.29, 0.717) is 16.1 Å². The summed E-state index contributed by atoms with van der Waals surface area (Å²) in [5.41, 5.74) is -0.321. The zero-order valence-electron chi connectivity index (χ0n) is 17.0. The second-order valence-corrected chi connectivity index (χ2v) is 8.59. The molecule has 2 rings (SSSR count). The average Bonchev–Trinajstić information content (AvgIpc) is 3.00. The molecule has 1 aromatic heterocycles. The number of methoxy groups -OCH3 is 1. The number of carbonyl (C=O) groups is 2. The number of nitrogens with one attached hydrogen (secondary N) is 1.